The summed E-state index contributed by atoms with van der Waals surface area (Å²) >= 11 is 0. The fourth-order valence-corrected chi connectivity index (χ4v) is 3.97. The van der Waals surface area contributed by atoms with Gasteiger partial charge in [0.2, 0.25) is 11.8 Å². The number of hydrogen-bond acceptors (Lipinski definition) is 6. The minimum absolute atomic E-state index is 0.00665. The minimum atomic E-state index is -3.25. The fraction of sp³-hybridized carbons (Fsp3) is 0.739. The number of carbonyl (C=O) groups excluding carboxylic acids is 4. The van der Waals surface area contributed by atoms with E-state index in [-0.39, 0.29) is 36.3 Å². The van der Waals surface area contributed by atoms with Crippen LogP contribution in [0, 0.1) is 11.3 Å². The van der Waals surface area contributed by atoms with Crippen molar-refractivity contribution in [1.29, 1.82) is 0 Å². The summed E-state index contributed by atoms with van der Waals surface area (Å²) < 4.78 is 22.8. The summed E-state index contributed by atoms with van der Waals surface area (Å²) in [4.78, 5) is 49.1. The molecule has 0 aromatic rings. The van der Waals surface area contributed by atoms with Crippen LogP contribution in [0.2, 0.25) is 0 Å². The number of nitrogens with two attached hydrogens (primary N) is 1. The Balaban J connectivity index is 4.97. The number of hydrogen-bond donors (Lipinski definition) is 4. The number of amides is 4. The van der Waals surface area contributed by atoms with Gasteiger partial charge in [0.05, 0.1) is 11.8 Å². The number of nitrogens with one attached hydrogen (secondary N) is 3. The van der Waals surface area contributed by atoms with E-state index in [0.29, 0.717) is 32.1 Å². The molecular weight excluding hydrogens is 460 g/mol. The molecule has 0 bridgehead atoms. The maximum Gasteiger partial charge on any atom is 0.312 e. The Morgan fingerprint density at radius 2 is 1.62 bits per heavy atom. The van der Waals surface area contributed by atoms with E-state index in [4.69, 9.17) is 5.73 Å². The van der Waals surface area contributed by atoms with Gasteiger partial charge in [0.15, 0.2) is 15.6 Å². The van der Waals surface area contributed by atoms with Crippen LogP contribution in [0.1, 0.15) is 73.1 Å². The average molecular weight is 503 g/mol. The summed E-state index contributed by atoms with van der Waals surface area (Å²) in [6.07, 6.45) is 2.39. The highest BCUT2D eigenvalue weighted by molar-refractivity contribution is 7.94. The van der Waals surface area contributed by atoms with Gasteiger partial charge in [-0.2, -0.15) is 0 Å². The molecule has 2 atom stereocenters. The first-order chi connectivity index (χ1) is 15.6. The van der Waals surface area contributed by atoms with Gasteiger partial charge in [-0.15, -0.1) is 0 Å². The molecular formula is C23H42N4O6S. The SMILES string of the molecule is C=CS(=O)(=O)CCCCCC(=O)NC(C(=O)N[C@H](CCCNC(N)=O)C(=O)C(C)(C)C)C(C)C. The number of urea groups is 1. The maximum absolute atomic E-state index is 13.0. The van der Waals surface area contributed by atoms with Gasteiger partial charge < -0.3 is 21.7 Å². The van der Waals surface area contributed by atoms with Gasteiger partial charge >= 0.3 is 6.03 Å². The summed E-state index contributed by atoms with van der Waals surface area (Å²) in [5, 5.41) is 8.89. The second-order valence-electron chi connectivity index (χ2n) is 9.74. The van der Waals surface area contributed by atoms with Crippen molar-refractivity contribution in [3.8, 4) is 0 Å². The third-order valence-corrected chi connectivity index (χ3v) is 6.56. The zero-order valence-electron chi connectivity index (χ0n) is 21.1. The number of Topliss-reactive ketones (excluding diaryl/α,β-unsaturated/α-hetero) is 1. The van der Waals surface area contributed by atoms with E-state index >= 15 is 0 Å². The molecule has 0 aliphatic heterocycles. The molecule has 0 heterocycles. The summed E-state index contributed by atoms with van der Waals surface area (Å²) in [5.74, 6) is -1.14. The van der Waals surface area contributed by atoms with Crippen molar-refractivity contribution < 1.29 is 27.6 Å². The molecule has 34 heavy (non-hydrogen) atoms. The third kappa shape index (κ3) is 13.3. The van der Waals surface area contributed by atoms with Gasteiger partial charge in [0, 0.05) is 23.8 Å². The van der Waals surface area contributed by atoms with Gasteiger partial charge in [0.1, 0.15) is 6.04 Å². The second kappa shape index (κ2) is 14.7. The molecule has 0 saturated carbocycles. The summed E-state index contributed by atoms with van der Waals surface area (Å²) in [7, 11) is -3.25. The lowest BCUT2D eigenvalue weighted by Gasteiger charge is -2.28. The van der Waals surface area contributed by atoms with Crippen molar-refractivity contribution in [2.75, 3.05) is 12.3 Å². The first-order valence-electron chi connectivity index (χ1n) is 11.6. The molecule has 0 radical (unpaired) electrons. The topological polar surface area (TPSA) is 165 Å². The Morgan fingerprint density at radius 1 is 1.00 bits per heavy atom. The third-order valence-electron chi connectivity index (χ3n) is 5.19. The summed E-state index contributed by atoms with van der Waals surface area (Å²) in [6.45, 7) is 12.4. The van der Waals surface area contributed by atoms with Crippen LogP contribution in [0.25, 0.3) is 0 Å². The monoisotopic (exact) mass is 502 g/mol. The van der Waals surface area contributed by atoms with Gasteiger partial charge in [-0.1, -0.05) is 47.6 Å². The van der Waals surface area contributed by atoms with E-state index in [1.807, 2.05) is 0 Å². The molecule has 196 valence electrons. The highest BCUT2D eigenvalue weighted by Gasteiger charge is 2.33. The predicted molar refractivity (Wildman–Crippen MR) is 132 cm³/mol. The van der Waals surface area contributed by atoms with Crippen LogP contribution in [0.4, 0.5) is 4.79 Å². The molecule has 0 rings (SSSR count). The zero-order chi connectivity index (χ0) is 26.5. The van der Waals surface area contributed by atoms with Gasteiger partial charge in [-0.3, -0.25) is 14.4 Å². The average Bonchev–Trinajstić information content (AvgIpc) is 2.72. The van der Waals surface area contributed by atoms with E-state index in [2.05, 4.69) is 22.5 Å². The van der Waals surface area contributed by atoms with Crippen LogP contribution in [0.3, 0.4) is 0 Å². The van der Waals surface area contributed by atoms with Crippen LogP contribution >= 0.6 is 0 Å². The fourth-order valence-electron chi connectivity index (χ4n) is 3.20. The summed E-state index contributed by atoms with van der Waals surface area (Å²) in [6, 6.07) is -2.26. The molecule has 5 N–H and O–H groups in total. The normalized spacial score (nSPS) is 13.6. The highest BCUT2D eigenvalue weighted by Crippen LogP contribution is 2.19. The van der Waals surface area contributed by atoms with Crippen molar-refractivity contribution in [1.82, 2.24) is 16.0 Å². The molecule has 0 saturated heterocycles. The molecule has 11 heteroatoms. The van der Waals surface area contributed by atoms with Gasteiger partial charge in [-0.25, -0.2) is 13.2 Å². The first kappa shape index (κ1) is 31.6. The van der Waals surface area contributed by atoms with Gasteiger partial charge in [-0.05, 0) is 31.6 Å². The molecule has 10 nitrogen and oxygen atoms in total. The van der Waals surface area contributed by atoms with Crippen LogP contribution in [-0.4, -0.2) is 56.4 Å². The number of ketones is 1. The number of rotatable bonds is 16. The quantitative estimate of drug-likeness (QED) is 0.235. The number of carbonyl (C=O) groups is 4. The number of sulfone groups is 1. The largest absolute Gasteiger partial charge is 0.352 e. The molecule has 0 aliphatic carbocycles. The standard InChI is InChI=1S/C23H42N4O6S/c1-7-34(32,33)15-10-8-9-13-18(28)27-19(16(2)3)21(30)26-17(20(29)23(4,5)6)12-11-14-25-22(24)31/h7,16-17,19H,1,8-15H2,2-6H3,(H,26,30)(H,27,28)(H3,24,25,31)/t17-,19?/m1/s1. The second-order valence-corrected chi connectivity index (χ2v) is 11.8. The van der Waals surface area contributed by atoms with Crippen LogP contribution in [0.5, 0.6) is 0 Å². The Hall–Kier alpha value is -2.43. The van der Waals surface area contributed by atoms with Crippen molar-refractivity contribution in [2.24, 2.45) is 17.1 Å². The van der Waals surface area contributed by atoms with Crippen molar-refractivity contribution in [3.05, 3.63) is 12.0 Å². The summed E-state index contributed by atoms with van der Waals surface area (Å²) in [5.41, 5.74) is 4.37. The van der Waals surface area contributed by atoms with Crippen LogP contribution < -0.4 is 21.7 Å². The maximum atomic E-state index is 13.0. The lowest BCUT2D eigenvalue weighted by Crippen LogP contribution is -2.55. The lowest BCUT2D eigenvalue weighted by atomic mass is 9.84. The Bertz CT molecular complexity index is 818. The number of primary amides is 1. The van der Waals surface area contributed by atoms with Crippen LogP contribution in [0.15, 0.2) is 12.0 Å². The molecule has 0 fully saturated rings. The minimum Gasteiger partial charge on any atom is -0.352 e. The lowest BCUT2D eigenvalue weighted by molar-refractivity contribution is -0.135. The number of unbranched alkanes of at least 4 members (excludes halogenated alkanes) is 2. The van der Waals surface area contributed by atoms with Crippen molar-refractivity contribution in [2.45, 2.75) is 85.2 Å². The van der Waals surface area contributed by atoms with Crippen molar-refractivity contribution in [3.63, 3.8) is 0 Å². The zero-order valence-corrected chi connectivity index (χ0v) is 21.9. The molecule has 1 unspecified atom stereocenters. The highest BCUT2D eigenvalue weighted by atomic mass is 32.2. The Morgan fingerprint density at radius 3 is 2.12 bits per heavy atom. The van der Waals surface area contributed by atoms with E-state index < -0.39 is 39.3 Å². The Kier molecular flexibility index (Phi) is 13.7. The van der Waals surface area contributed by atoms with E-state index in [0.717, 1.165) is 5.41 Å². The Labute approximate surface area is 203 Å². The molecule has 0 aromatic heterocycles. The smallest absolute Gasteiger partial charge is 0.312 e. The molecule has 0 aliphatic rings. The molecule has 0 spiro atoms. The van der Waals surface area contributed by atoms with Crippen LogP contribution in [-0.2, 0) is 24.2 Å². The first-order valence-corrected chi connectivity index (χ1v) is 13.3. The van der Waals surface area contributed by atoms with Crippen molar-refractivity contribution >= 4 is 33.5 Å². The van der Waals surface area contributed by atoms with Gasteiger partial charge in [0.25, 0.3) is 0 Å². The predicted octanol–water partition coefficient (Wildman–Crippen LogP) is 1.79. The van der Waals surface area contributed by atoms with E-state index in [1.165, 1.54) is 0 Å². The molecule has 4 amide bonds. The van der Waals surface area contributed by atoms with E-state index in [1.54, 1.807) is 34.6 Å². The molecule has 0 aromatic carbocycles. The van der Waals surface area contributed by atoms with E-state index in [9.17, 15) is 27.6 Å².